The smallest absolute Gasteiger partial charge is 0.171 e. The zero-order valence-corrected chi connectivity index (χ0v) is 10.7. The Labute approximate surface area is 112 Å². The molecule has 0 fully saturated rings. The summed E-state index contributed by atoms with van der Waals surface area (Å²) in [5, 5.41) is 0. The van der Waals surface area contributed by atoms with Gasteiger partial charge >= 0.3 is 0 Å². The number of benzene rings is 1. The molecule has 2 aromatic rings. The van der Waals surface area contributed by atoms with Gasteiger partial charge in [-0.25, -0.2) is 0 Å². The molecule has 19 heavy (non-hydrogen) atoms. The van der Waals surface area contributed by atoms with Gasteiger partial charge in [-0.1, -0.05) is 12.1 Å². The molecule has 0 aliphatic heterocycles. The SMILES string of the molecule is COc1cccc(C=O)c1OCCc1ccccn1. The van der Waals surface area contributed by atoms with Crippen LogP contribution in [0.3, 0.4) is 0 Å². The molecule has 0 unspecified atom stereocenters. The zero-order valence-electron chi connectivity index (χ0n) is 10.7. The number of nitrogens with zero attached hydrogens (tertiary/aromatic N) is 1. The van der Waals surface area contributed by atoms with E-state index in [-0.39, 0.29) is 0 Å². The van der Waals surface area contributed by atoms with E-state index in [0.29, 0.717) is 30.1 Å². The van der Waals surface area contributed by atoms with Gasteiger partial charge < -0.3 is 9.47 Å². The first-order valence-electron chi connectivity index (χ1n) is 6.00. The van der Waals surface area contributed by atoms with Crippen molar-refractivity contribution in [2.75, 3.05) is 13.7 Å². The number of rotatable bonds is 6. The second kappa shape index (κ2) is 6.54. The Morgan fingerprint density at radius 3 is 2.79 bits per heavy atom. The van der Waals surface area contributed by atoms with Crippen LogP contribution in [0, 0.1) is 0 Å². The van der Waals surface area contributed by atoms with E-state index in [1.165, 1.54) is 0 Å². The highest BCUT2D eigenvalue weighted by Crippen LogP contribution is 2.29. The molecular weight excluding hydrogens is 242 g/mol. The first-order valence-corrected chi connectivity index (χ1v) is 6.00. The van der Waals surface area contributed by atoms with Crippen molar-refractivity contribution in [1.82, 2.24) is 4.98 Å². The lowest BCUT2D eigenvalue weighted by Gasteiger charge is -2.12. The van der Waals surface area contributed by atoms with Gasteiger partial charge in [-0.2, -0.15) is 0 Å². The normalized spacial score (nSPS) is 9.95. The molecule has 0 N–H and O–H groups in total. The molecule has 4 heteroatoms. The third-order valence-electron chi connectivity index (χ3n) is 2.69. The summed E-state index contributed by atoms with van der Waals surface area (Å²) in [6, 6.07) is 11.0. The van der Waals surface area contributed by atoms with Gasteiger partial charge in [0.2, 0.25) is 0 Å². The molecule has 0 radical (unpaired) electrons. The van der Waals surface area contributed by atoms with Gasteiger partial charge in [0.1, 0.15) is 0 Å². The second-order valence-electron chi connectivity index (χ2n) is 3.92. The maximum atomic E-state index is 11.0. The largest absolute Gasteiger partial charge is 0.493 e. The number of aromatic nitrogens is 1. The number of carbonyl (C=O) groups is 1. The minimum atomic E-state index is 0.443. The maximum Gasteiger partial charge on any atom is 0.171 e. The van der Waals surface area contributed by atoms with Gasteiger partial charge in [-0.05, 0) is 24.3 Å². The standard InChI is InChI=1S/C15H15NO3/c1-18-14-7-4-5-12(11-17)15(14)19-10-8-13-6-2-3-9-16-13/h2-7,9,11H,8,10H2,1H3. The predicted molar refractivity (Wildman–Crippen MR) is 71.8 cm³/mol. The van der Waals surface area contributed by atoms with Crippen LogP contribution in [0.15, 0.2) is 42.6 Å². The molecule has 0 aliphatic rings. The number of ether oxygens (including phenoxy) is 2. The summed E-state index contributed by atoms with van der Waals surface area (Å²) in [5.74, 6) is 1.04. The molecule has 1 aromatic heterocycles. The summed E-state index contributed by atoms with van der Waals surface area (Å²) < 4.78 is 10.8. The highest BCUT2D eigenvalue weighted by Gasteiger charge is 2.09. The number of aldehydes is 1. The lowest BCUT2D eigenvalue weighted by atomic mass is 10.2. The fraction of sp³-hybridized carbons (Fsp3) is 0.200. The van der Waals surface area contributed by atoms with Crippen LogP contribution >= 0.6 is 0 Å². The number of para-hydroxylation sites is 1. The first kappa shape index (κ1) is 13.1. The van der Waals surface area contributed by atoms with Crippen molar-refractivity contribution in [2.45, 2.75) is 6.42 Å². The van der Waals surface area contributed by atoms with E-state index in [1.54, 1.807) is 31.5 Å². The average Bonchev–Trinajstić information content (AvgIpc) is 2.48. The fourth-order valence-electron chi connectivity index (χ4n) is 1.74. The molecule has 4 nitrogen and oxygen atoms in total. The third-order valence-corrected chi connectivity index (χ3v) is 2.69. The molecule has 0 amide bonds. The third kappa shape index (κ3) is 3.31. The minimum absolute atomic E-state index is 0.443. The van der Waals surface area contributed by atoms with Gasteiger partial charge in [0, 0.05) is 18.3 Å². The summed E-state index contributed by atoms with van der Waals surface area (Å²) in [7, 11) is 1.55. The quantitative estimate of drug-likeness (QED) is 0.746. The molecule has 2 rings (SSSR count). The minimum Gasteiger partial charge on any atom is -0.493 e. The van der Waals surface area contributed by atoms with Crippen LogP contribution in [0.5, 0.6) is 11.5 Å². The Bertz CT molecular complexity index is 540. The van der Waals surface area contributed by atoms with Gasteiger partial charge in [0.25, 0.3) is 0 Å². The first-order chi connectivity index (χ1) is 9.35. The monoisotopic (exact) mass is 257 g/mol. The Morgan fingerprint density at radius 1 is 1.21 bits per heavy atom. The molecule has 0 spiro atoms. The van der Waals surface area contributed by atoms with Crippen molar-refractivity contribution in [2.24, 2.45) is 0 Å². The number of methoxy groups -OCH3 is 1. The molecule has 1 heterocycles. The Balaban J connectivity index is 2.05. The van der Waals surface area contributed by atoms with E-state index < -0.39 is 0 Å². The van der Waals surface area contributed by atoms with E-state index >= 15 is 0 Å². The number of hydrogen-bond acceptors (Lipinski definition) is 4. The van der Waals surface area contributed by atoms with Crippen LogP contribution in [0.2, 0.25) is 0 Å². The van der Waals surface area contributed by atoms with E-state index in [4.69, 9.17) is 9.47 Å². The van der Waals surface area contributed by atoms with E-state index in [9.17, 15) is 4.79 Å². The molecule has 0 aliphatic carbocycles. The summed E-state index contributed by atoms with van der Waals surface area (Å²) >= 11 is 0. The van der Waals surface area contributed by atoms with Crippen molar-refractivity contribution in [3.63, 3.8) is 0 Å². The highest BCUT2D eigenvalue weighted by atomic mass is 16.5. The van der Waals surface area contributed by atoms with E-state index in [1.807, 2.05) is 18.2 Å². The van der Waals surface area contributed by atoms with E-state index in [0.717, 1.165) is 12.0 Å². The van der Waals surface area contributed by atoms with Gasteiger partial charge in [-0.3, -0.25) is 9.78 Å². The summed E-state index contributed by atoms with van der Waals surface area (Å²) in [6.07, 6.45) is 3.19. The lowest BCUT2D eigenvalue weighted by Crippen LogP contribution is -2.05. The highest BCUT2D eigenvalue weighted by molar-refractivity contribution is 5.81. The predicted octanol–water partition coefficient (Wildman–Crippen LogP) is 2.52. The van der Waals surface area contributed by atoms with Crippen LogP contribution in [-0.2, 0) is 6.42 Å². The van der Waals surface area contributed by atoms with Crippen LogP contribution in [0.4, 0.5) is 0 Å². The van der Waals surface area contributed by atoms with Gasteiger partial charge in [-0.15, -0.1) is 0 Å². The van der Waals surface area contributed by atoms with Crippen molar-refractivity contribution in [3.8, 4) is 11.5 Å². The lowest BCUT2D eigenvalue weighted by molar-refractivity contribution is 0.111. The van der Waals surface area contributed by atoms with Crippen molar-refractivity contribution in [1.29, 1.82) is 0 Å². The van der Waals surface area contributed by atoms with Gasteiger partial charge in [0.15, 0.2) is 17.8 Å². The molecule has 0 saturated carbocycles. The zero-order chi connectivity index (χ0) is 13.5. The van der Waals surface area contributed by atoms with Crippen molar-refractivity contribution in [3.05, 3.63) is 53.9 Å². The van der Waals surface area contributed by atoms with Crippen LogP contribution in [0.25, 0.3) is 0 Å². The topological polar surface area (TPSA) is 48.4 Å². The average molecular weight is 257 g/mol. The summed E-state index contributed by atoms with van der Waals surface area (Å²) in [4.78, 5) is 15.2. The molecule has 0 bridgehead atoms. The van der Waals surface area contributed by atoms with Gasteiger partial charge in [0.05, 0.1) is 19.3 Å². The van der Waals surface area contributed by atoms with Crippen molar-refractivity contribution < 1.29 is 14.3 Å². The van der Waals surface area contributed by atoms with Crippen LogP contribution < -0.4 is 9.47 Å². The molecule has 0 saturated heterocycles. The van der Waals surface area contributed by atoms with Crippen LogP contribution in [-0.4, -0.2) is 25.0 Å². The molecule has 1 aromatic carbocycles. The Kier molecular flexibility index (Phi) is 4.50. The van der Waals surface area contributed by atoms with Crippen LogP contribution in [0.1, 0.15) is 16.1 Å². The van der Waals surface area contributed by atoms with Crippen molar-refractivity contribution >= 4 is 6.29 Å². The summed E-state index contributed by atoms with van der Waals surface area (Å²) in [6.45, 7) is 0.443. The second-order valence-corrected chi connectivity index (χ2v) is 3.92. The number of carbonyl (C=O) groups excluding carboxylic acids is 1. The Hall–Kier alpha value is -2.36. The molecular formula is C15H15NO3. The Morgan fingerprint density at radius 2 is 2.11 bits per heavy atom. The number of hydrogen-bond donors (Lipinski definition) is 0. The molecule has 0 atom stereocenters. The molecule has 98 valence electrons. The maximum absolute atomic E-state index is 11.0. The van der Waals surface area contributed by atoms with E-state index in [2.05, 4.69) is 4.98 Å². The fourth-order valence-corrected chi connectivity index (χ4v) is 1.74. The summed E-state index contributed by atoms with van der Waals surface area (Å²) in [5.41, 5.74) is 1.44. The number of pyridine rings is 1.